The van der Waals surface area contributed by atoms with Crippen LogP contribution in [-0.4, -0.2) is 16.8 Å². The number of thioether (sulfide) groups is 1. The normalized spacial score (nSPS) is 19.2. The first-order valence-corrected chi connectivity index (χ1v) is 10.1. The summed E-state index contributed by atoms with van der Waals surface area (Å²) in [4.78, 5) is 12.8. The Morgan fingerprint density at radius 2 is 2.00 bits per heavy atom. The Hall–Kier alpha value is -1.94. The Labute approximate surface area is 160 Å². The van der Waals surface area contributed by atoms with Gasteiger partial charge in [-0.3, -0.25) is 4.79 Å². The lowest BCUT2D eigenvalue weighted by molar-refractivity contribution is -0.121. The topological polar surface area (TPSA) is 38.3 Å². The molecular formula is C22H27NO2S. The van der Waals surface area contributed by atoms with Gasteiger partial charge in [0.1, 0.15) is 11.4 Å². The van der Waals surface area contributed by atoms with Gasteiger partial charge in [-0.25, -0.2) is 0 Å². The van der Waals surface area contributed by atoms with E-state index in [4.69, 9.17) is 4.74 Å². The van der Waals surface area contributed by atoms with Crippen LogP contribution in [0.4, 0.5) is 0 Å². The van der Waals surface area contributed by atoms with Gasteiger partial charge in [-0.1, -0.05) is 48.0 Å². The van der Waals surface area contributed by atoms with E-state index in [2.05, 4.69) is 50.4 Å². The second-order valence-corrected chi connectivity index (χ2v) is 8.94. The van der Waals surface area contributed by atoms with Crippen molar-refractivity contribution >= 4 is 17.7 Å². The molecule has 2 aromatic rings. The molecule has 0 saturated carbocycles. The lowest BCUT2D eigenvalue weighted by Gasteiger charge is -2.38. The summed E-state index contributed by atoms with van der Waals surface area (Å²) < 4.78 is 6.10. The number of carbonyl (C=O) groups excluding carboxylic acids is 1. The molecule has 0 aromatic heterocycles. The van der Waals surface area contributed by atoms with Gasteiger partial charge in [-0.05, 0) is 39.3 Å². The maximum Gasteiger partial charge on any atom is 0.233 e. The number of aryl methyl sites for hydroxylation is 1. The molecule has 2 aromatic carbocycles. The Morgan fingerprint density at radius 3 is 2.73 bits per heavy atom. The second-order valence-electron chi connectivity index (χ2n) is 7.61. The first-order chi connectivity index (χ1) is 12.3. The molecule has 0 spiro atoms. The minimum atomic E-state index is -0.291. The van der Waals surface area contributed by atoms with Crippen molar-refractivity contribution < 1.29 is 9.53 Å². The second kappa shape index (κ2) is 7.75. The van der Waals surface area contributed by atoms with Gasteiger partial charge in [0.25, 0.3) is 0 Å². The molecule has 0 saturated heterocycles. The van der Waals surface area contributed by atoms with Crippen molar-refractivity contribution in [2.45, 2.75) is 56.8 Å². The molecular weight excluding hydrogens is 342 g/mol. The van der Waals surface area contributed by atoms with Crippen molar-refractivity contribution in [3.05, 3.63) is 65.2 Å². The third-order valence-corrected chi connectivity index (χ3v) is 5.87. The lowest BCUT2D eigenvalue weighted by Crippen LogP contribution is -2.43. The summed E-state index contributed by atoms with van der Waals surface area (Å²) in [6, 6.07) is 16.4. The van der Waals surface area contributed by atoms with Gasteiger partial charge in [0.2, 0.25) is 5.91 Å². The fourth-order valence-corrected chi connectivity index (χ4v) is 4.12. The number of fused-ring (bicyclic) bond motifs is 1. The highest BCUT2D eigenvalue weighted by Gasteiger charge is 2.35. The van der Waals surface area contributed by atoms with Crippen molar-refractivity contribution in [2.75, 3.05) is 0 Å². The van der Waals surface area contributed by atoms with Gasteiger partial charge < -0.3 is 10.1 Å². The van der Waals surface area contributed by atoms with Gasteiger partial charge in [0.05, 0.1) is 11.3 Å². The summed E-state index contributed by atoms with van der Waals surface area (Å²) in [5, 5.41) is 3.15. The van der Waals surface area contributed by atoms with E-state index >= 15 is 0 Å². The van der Waals surface area contributed by atoms with Crippen LogP contribution in [0.25, 0.3) is 0 Å². The van der Waals surface area contributed by atoms with Crippen molar-refractivity contribution in [1.82, 2.24) is 5.32 Å². The van der Waals surface area contributed by atoms with Gasteiger partial charge >= 0.3 is 0 Å². The average molecular weight is 370 g/mol. The monoisotopic (exact) mass is 369 g/mol. The molecule has 0 aliphatic carbocycles. The van der Waals surface area contributed by atoms with Crippen molar-refractivity contribution in [3.8, 4) is 5.75 Å². The summed E-state index contributed by atoms with van der Waals surface area (Å²) in [6.07, 6.45) is 0.769. The number of carbonyl (C=O) groups is 1. The summed E-state index contributed by atoms with van der Waals surface area (Å²) in [5.41, 5.74) is 3.21. The van der Waals surface area contributed by atoms with Crippen LogP contribution >= 0.6 is 11.8 Å². The zero-order chi connectivity index (χ0) is 18.7. The molecule has 1 heterocycles. The van der Waals surface area contributed by atoms with Crippen LogP contribution in [0.1, 0.15) is 49.9 Å². The van der Waals surface area contributed by atoms with E-state index in [1.54, 1.807) is 11.8 Å². The highest BCUT2D eigenvalue weighted by Crippen LogP contribution is 2.40. The predicted octanol–water partition coefficient (Wildman–Crippen LogP) is 5.04. The van der Waals surface area contributed by atoms with Gasteiger partial charge in [-0.2, -0.15) is 0 Å². The maximum atomic E-state index is 12.8. The van der Waals surface area contributed by atoms with E-state index in [9.17, 15) is 4.79 Å². The summed E-state index contributed by atoms with van der Waals surface area (Å²) in [6.45, 7) is 8.19. The maximum absolute atomic E-state index is 12.8. The van der Waals surface area contributed by atoms with Crippen LogP contribution in [0, 0.1) is 6.92 Å². The number of ether oxygens (including phenoxy) is 1. The fourth-order valence-electron chi connectivity index (χ4n) is 3.26. The van der Waals surface area contributed by atoms with Crippen LogP contribution in [-0.2, 0) is 10.5 Å². The number of hydrogen-bond acceptors (Lipinski definition) is 3. The minimum Gasteiger partial charge on any atom is -0.487 e. The van der Waals surface area contributed by atoms with E-state index in [1.165, 1.54) is 11.1 Å². The molecule has 1 aliphatic rings. The Bertz CT molecular complexity index is 773. The lowest BCUT2D eigenvalue weighted by atomic mass is 9.89. The van der Waals surface area contributed by atoms with E-state index in [-0.39, 0.29) is 22.8 Å². The molecule has 0 radical (unpaired) electrons. The van der Waals surface area contributed by atoms with E-state index < -0.39 is 0 Å². The quantitative estimate of drug-likeness (QED) is 0.803. The molecule has 1 amide bonds. The summed E-state index contributed by atoms with van der Waals surface area (Å²) >= 11 is 1.67. The molecule has 0 fully saturated rings. The molecule has 3 rings (SSSR count). The molecule has 1 aliphatic heterocycles. The number of benzene rings is 2. The molecule has 3 nitrogen and oxygen atoms in total. The highest BCUT2D eigenvalue weighted by atomic mass is 32.2. The van der Waals surface area contributed by atoms with Gasteiger partial charge in [0.15, 0.2) is 0 Å². The van der Waals surface area contributed by atoms with Crippen LogP contribution in [0.15, 0.2) is 48.5 Å². The SMILES string of the molecule is Cc1ccc2c(c1)[C@H](NC(=O)[C@@H](C)SCc1ccccc1)CC(C)(C)O2. The van der Waals surface area contributed by atoms with Crippen LogP contribution in [0.5, 0.6) is 5.75 Å². The van der Waals surface area contributed by atoms with Gasteiger partial charge in [0, 0.05) is 17.7 Å². The molecule has 138 valence electrons. The molecule has 0 unspecified atom stereocenters. The smallest absolute Gasteiger partial charge is 0.233 e. The van der Waals surface area contributed by atoms with E-state index in [0.717, 1.165) is 23.5 Å². The number of amides is 1. The first kappa shape index (κ1) is 18.8. The first-order valence-electron chi connectivity index (χ1n) is 9.09. The predicted molar refractivity (Wildman–Crippen MR) is 109 cm³/mol. The number of hydrogen-bond donors (Lipinski definition) is 1. The number of nitrogens with one attached hydrogen (secondary N) is 1. The average Bonchev–Trinajstić information content (AvgIpc) is 2.60. The molecule has 26 heavy (non-hydrogen) atoms. The third kappa shape index (κ3) is 4.61. The Kier molecular flexibility index (Phi) is 5.61. The molecule has 2 atom stereocenters. The van der Waals surface area contributed by atoms with E-state index in [0.29, 0.717) is 0 Å². The summed E-state index contributed by atoms with van der Waals surface area (Å²) in [7, 11) is 0. The van der Waals surface area contributed by atoms with Gasteiger partial charge in [-0.15, -0.1) is 11.8 Å². The largest absolute Gasteiger partial charge is 0.487 e. The van der Waals surface area contributed by atoms with Crippen LogP contribution in [0.3, 0.4) is 0 Å². The van der Waals surface area contributed by atoms with Crippen molar-refractivity contribution in [3.63, 3.8) is 0 Å². The Morgan fingerprint density at radius 1 is 1.27 bits per heavy atom. The zero-order valence-corrected chi connectivity index (χ0v) is 16.7. The Balaban J connectivity index is 1.67. The minimum absolute atomic E-state index is 0.0130. The van der Waals surface area contributed by atoms with Crippen LogP contribution < -0.4 is 10.1 Å². The fraction of sp³-hybridized carbons (Fsp3) is 0.409. The molecule has 1 N–H and O–H groups in total. The standard InChI is InChI=1S/C22H27NO2S/c1-15-10-11-20-18(12-15)19(13-22(3,4)25-20)23-21(24)16(2)26-14-17-8-6-5-7-9-17/h5-12,16,19H,13-14H2,1-4H3,(H,23,24)/t16-,19-/m1/s1. The third-order valence-electron chi connectivity index (χ3n) is 4.65. The number of rotatable bonds is 5. The zero-order valence-electron chi connectivity index (χ0n) is 15.9. The molecule has 4 heteroatoms. The van der Waals surface area contributed by atoms with Crippen molar-refractivity contribution in [2.24, 2.45) is 0 Å². The molecule has 0 bridgehead atoms. The van der Waals surface area contributed by atoms with Crippen LogP contribution in [0.2, 0.25) is 0 Å². The summed E-state index contributed by atoms with van der Waals surface area (Å²) in [5.74, 6) is 1.80. The highest BCUT2D eigenvalue weighted by molar-refractivity contribution is 7.99. The van der Waals surface area contributed by atoms with Crippen molar-refractivity contribution in [1.29, 1.82) is 0 Å². The van der Waals surface area contributed by atoms with E-state index in [1.807, 2.05) is 31.2 Å².